The molecule has 1 aromatic carbocycles. The fraction of sp³-hybridized carbons (Fsp3) is 0.462. The van der Waals surface area contributed by atoms with Crippen molar-refractivity contribution in [2.75, 3.05) is 0 Å². The lowest BCUT2D eigenvalue weighted by atomic mass is 10.1. The van der Waals surface area contributed by atoms with Crippen LogP contribution < -0.4 is 0 Å². The molecular weight excluding hydrogens is 156 g/mol. The van der Waals surface area contributed by atoms with Crippen LogP contribution in [0.4, 0.5) is 0 Å². The first-order valence-electron chi connectivity index (χ1n) is 5.29. The van der Waals surface area contributed by atoms with E-state index in [-0.39, 0.29) is 0 Å². The van der Waals surface area contributed by atoms with Crippen molar-refractivity contribution in [3.63, 3.8) is 0 Å². The maximum atomic E-state index is 2.39. The third-order valence-corrected chi connectivity index (χ3v) is 2.23. The van der Waals surface area contributed by atoms with Gasteiger partial charge in [0.05, 0.1) is 0 Å². The summed E-state index contributed by atoms with van der Waals surface area (Å²) in [7, 11) is 0. The summed E-state index contributed by atoms with van der Waals surface area (Å²) < 4.78 is 0. The van der Waals surface area contributed by atoms with Gasteiger partial charge in [0.1, 0.15) is 0 Å². The van der Waals surface area contributed by atoms with E-state index in [0.29, 0.717) is 0 Å². The van der Waals surface area contributed by atoms with Crippen molar-refractivity contribution in [3.8, 4) is 0 Å². The monoisotopic (exact) mass is 175 g/mol. The Labute approximate surface area is 82.0 Å². The average Bonchev–Trinajstić information content (AvgIpc) is 2.19. The highest BCUT2D eigenvalue weighted by atomic mass is 14.0. The molecule has 0 atom stereocenters. The number of benzene rings is 1. The summed E-state index contributed by atoms with van der Waals surface area (Å²) in [6.45, 7) is 2.25. The lowest BCUT2D eigenvalue weighted by molar-refractivity contribution is 0.702. The maximum absolute atomic E-state index is 2.39. The van der Waals surface area contributed by atoms with Gasteiger partial charge >= 0.3 is 0 Å². The van der Waals surface area contributed by atoms with E-state index in [4.69, 9.17) is 0 Å². The molecule has 0 aliphatic heterocycles. The Morgan fingerprint density at radius 1 is 1.08 bits per heavy atom. The second-order valence-corrected chi connectivity index (χ2v) is 3.47. The van der Waals surface area contributed by atoms with Gasteiger partial charge in [-0.25, -0.2) is 0 Å². The van der Waals surface area contributed by atoms with Crippen molar-refractivity contribution in [2.45, 2.75) is 39.0 Å². The summed E-state index contributed by atoms with van der Waals surface area (Å²) in [6, 6.07) is 10.7. The van der Waals surface area contributed by atoms with Gasteiger partial charge in [0, 0.05) is 0 Å². The number of unbranched alkanes of at least 4 members (excludes halogenated alkanes) is 4. The second-order valence-electron chi connectivity index (χ2n) is 3.47. The van der Waals surface area contributed by atoms with Crippen LogP contribution >= 0.6 is 0 Å². The first-order chi connectivity index (χ1) is 6.43. The molecule has 0 N–H and O–H groups in total. The Kier molecular flexibility index (Phi) is 5.31. The molecule has 13 heavy (non-hydrogen) atoms. The molecule has 0 aliphatic rings. The number of hydrogen-bond acceptors (Lipinski definition) is 0. The normalized spacial score (nSPS) is 10.2. The van der Waals surface area contributed by atoms with E-state index in [0.717, 1.165) is 6.42 Å². The van der Waals surface area contributed by atoms with Gasteiger partial charge in [-0.2, -0.15) is 0 Å². The molecule has 1 rings (SSSR count). The average molecular weight is 175 g/mol. The predicted octanol–water partition coefficient (Wildman–Crippen LogP) is 4.01. The van der Waals surface area contributed by atoms with E-state index < -0.39 is 0 Å². The maximum Gasteiger partial charge on any atom is -0.0248 e. The van der Waals surface area contributed by atoms with Crippen LogP contribution in [-0.4, -0.2) is 0 Å². The lowest BCUT2D eigenvalue weighted by Crippen LogP contribution is -1.85. The zero-order chi connectivity index (χ0) is 9.36. The van der Waals surface area contributed by atoms with Gasteiger partial charge in [0.25, 0.3) is 0 Å². The van der Waals surface area contributed by atoms with E-state index in [1.54, 1.807) is 0 Å². The van der Waals surface area contributed by atoms with Crippen LogP contribution in [0.3, 0.4) is 0 Å². The topological polar surface area (TPSA) is 0 Å². The Balaban J connectivity index is 2.07. The molecule has 71 valence electrons. The van der Waals surface area contributed by atoms with Crippen molar-refractivity contribution in [1.29, 1.82) is 0 Å². The molecule has 0 heterocycles. The van der Waals surface area contributed by atoms with E-state index in [1.807, 2.05) is 0 Å². The van der Waals surface area contributed by atoms with Crippen LogP contribution in [0.15, 0.2) is 30.3 Å². The molecule has 0 bridgehead atoms. The minimum Gasteiger partial charge on any atom is -0.0654 e. The van der Waals surface area contributed by atoms with Crippen LogP contribution in [-0.2, 0) is 6.42 Å². The van der Waals surface area contributed by atoms with Gasteiger partial charge in [-0.05, 0) is 24.8 Å². The molecular formula is C13H19. The van der Waals surface area contributed by atoms with Gasteiger partial charge < -0.3 is 0 Å². The zero-order valence-corrected chi connectivity index (χ0v) is 8.50. The smallest absolute Gasteiger partial charge is 0.0248 e. The lowest BCUT2D eigenvalue weighted by Gasteiger charge is -2.00. The fourth-order valence-electron chi connectivity index (χ4n) is 1.42. The molecule has 1 aromatic rings. The minimum absolute atomic E-state index is 1.13. The first kappa shape index (κ1) is 10.3. The summed E-state index contributed by atoms with van der Waals surface area (Å²) >= 11 is 0. The minimum atomic E-state index is 1.13. The highest BCUT2D eigenvalue weighted by Gasteiger charge is 1.91. The molecule has 0 saturated heterocycles. The summed E-state index contributed by atoms with van der Waals surface area (Å²) in [4.78, 5) is 0. The van der Waals surface area contributed by atoms with Gasteiger partial charge in [-0.15, -0.1) is 0 Å². The van der Waals surface area contributed by atoms with Gasteiger partial charge in [-0.1, -0.05) is 56.5 Å². The van der Waals surface area contributed by atoms with E-state index in [9.17, 15) is 0 Å². The number of hydrogen-bond donors (Lipinski definition) is 0. The van der Waals surface area contributed by atoms with Gasteiger partial charge in [0.15, 0.2) is 0 Å². The zero-order valence-electron chi connectivity index (χ0n) is 8.50. The first-order valence-corrected chi connectivity index (χ1v) is 5.29. The summed E-state index contributed by atoms with van der Waals surface area (Å²) in [5.74, 6) is 0. The van der Waals surface area contributed by atoms with Crippen molar-refractivity contribution in [2.24, 2.45) is 0 Å². The third kappa shape index (κ3) is 4.72. The molecule has 0 spiro atoms. The largest absolute Gasteiger partial charge is 0.0654 e. The summed E-state index contributed by atoms with van der Waals surface area (Å²) in [6.07, 6.45) is 8.83. The second kappa shape index (κ2) is 6.71. The van der Waals surface area contributed by atoms with E-state index in [2.05, 4.69) is 43.7 Å². The van der Waals surface area contributed by atoms with Crippen LogP contribution in [0, 0.1) is 6.42 Å². The quantitative estimate of drug-likeness (QED) is 0.573. The molecule has 0 unspecified atom stereocenters. The van der Waals surface area contributed by atoms with Crippen molar-refractivity contribution in [1.82, 2.24) is 0 Å². The van der Waals surface area contributed by atoms with Crippen molar-refractivity contribution < 1.29 is 0 Å². The van der Waals surface area contributed by atoms with Crippen LogP contribution in [0.25, 0.3) is 0 Å². The SMILES string of the molecule is CCCCC[CH]Cc1ccccc1. The predicted molar refractivity (Wildman–Crippen MR) is 58.6 cm³/mol. The van der Waals surface area contributed by atoms with E-state index >= 15 is 0 Å². The van der Waals surface area contributed by atoms with Crippen molar-refractivity contribution >= 4 is 0 Å². The molecule has 0 nitrogen and oxygen atoms in total. The molecule has 0 saturated carbocycles. The fourth-order valence-corrected chi connectivity index (χ4v) is 1.42. The molecule has 0 heteroatoms. The van der Waals surface area contributed by atoms with Crippen LogP contribution in [0.2, 0.25) is 0 Å². The Morgan fingerprint density at radius 3 is 2.54 bits per heavy atom. The standard InChI is InChI=1S/C13H19/c1-2-3-4-5-7-10-13-11-8-6-9-12-13/h6-9,11-12H,2-5,10H2,1H3. The molecule has 0 fully saturated rings. The van der Waals surface area contributed by atoms with Gasteiger partial charge in [0.2, 0.25) is 0 Å². The molecule has 1 radical (unpaired) electrons. The third-order valence-electron chi connectivity index (χ3n) is 2.23. The Morgan fingerprint density at radius 2 is 1.85 bits per heavy atom. The highest BCUT2D eigenvalue weighted by molar-refractivity contribution is 5.16. The summed E-state index contributed by atoms with van der Waals surface area (Å²) in [5, 5.41) is 0. The van der Waals surface area contributed by atoms with Crippen LogP contribution in [0.5, 0.6) is 0 Å². The van der Waals surface area contributed by atoms with Gasteiger partial charge in [-0.3, -0.25) is 0 Å². The van der Waals surface area contributed by atoms with E-state index in [1.165, 1.54) is 31.2 Å². The Bertz CT molecular complexity index is 201. The number of rotatable bonds is 6. The molecule has 0 amide bonds. The van der Waals surface area contributed by atoms with Crippen molar-refractivity contribution in [3.05, 3.63) is 42.3 Å². The molecule has 0 aliphatic carbocycles. The highest BCUT2D eigenvalue weighted by Crippen LogP contribution is 2.07. The molecule has 0 aromatic heterocycles. The summed E-state index contributed by atoms with van der Waals surface area (Å²) in [5.41, 5.74) is 1.43. The Hall–Kier alpha value is -0.780. The van der Waals surface area contributed by atoms with Crippen LogP contribution in [0.1, 0.15) is 38.2 Å².